The van der Waals surface area contributed by atoms with Crippen molar-refractivity contribution in [1.82, 2.24) is 20.3 Å². The summed E-state index contributed by atoms with van der Waals surface area (Å²) in [5.41, 5.74) is 0.701. The Balaban J connectivity index is 1.88. The zero-order valence-corrected chi connectivity index (χ0v) is 11.2. The predicted octanol–water partition coefficient (Wildman–Crippen LogP) is 1.31. The lowest BCUT2D eigenvalue weighted by atomic mass is 10.2. The largest absolute Gasteiger partial charge is 0.350 e. The van der Waals surface area contributed by atoms with Crippen LogP contribution >= 0.6 is 22.6 Å². The molecule has 5 nitrogen and oxygen atoms in total. The van der Waals surface area contributed by atoms with E-state index in [0.717, 1.165) is 3.57 Å². The molecule has 0 saturated carbocycles. The van der Waals surface area contributed by atoms with Crippen molar-refractivity contribution in [1.29, 1.82) is 0 Å². The maximum atomic E-state index is 11.8. The van der Waals surface area contributed by atoms with Crippen molar-refractivity contribution in [2.45, 2.75) is 6.54 Å². The van der Waals surface area contributed by atoms with Gasteiger partial charge in [0.2, 0.25) is 0 Å². The van der Waals surface area contributed by atoms with Gasteiger partial charge in [0.05, 0.1) is 18.3 Å². The van der Waals surface area contributed by atoms with Crippen LogP contribution in [0.2, 0.25) is 0 Å². The van der Waals surface area contributed by atoms with E-state index in [1.807, 2.05) is 24.3 Å². The highest BCUT2D eigenvalue weighted by Gasteiger charge is 2.07. The fourth-order valence-corrected chi connectivity index (χ4v) is 2.01. The maximum Gasteiger partial charge on any atom is 0.252 e. The summed E-state index contributed by atoms with van der Waals surface area (Å²) in [5.74, 6) is -0.0601. The van der Waals surface area contributed by atoms with Gasteiger partial charge in [0.15, 0.2) is 0 Å². The normalized spacial score (nSPS) is 10.2. The molecule has 1 N–H and O–H groups in total. The van der Waals surface area contributed by atoms with E-state index in [2.05, 4.69) is 38.2 Å². The number of carbonyl (C=O) groups is 1. The second-order valence-electron chi connectivity index (χ2n) is 3.40. The lowest BCUT2D eigenvalue weighted by molar-refractivity contribution is 0.0951. The van der Waals surface area contributed by atoms with Gasteiger partial charge in [-0.05, 0) is 34.7 Å². The Morgan fingerprint density at radius 3 is 2.94 bits per heavy atom. The highest BCUT2D eigenvalue weighted by Crippen LogP contribution is 2.10. The molecule has 0 bridgehead atoms. The van der Waals surface area contributed by atoms with Gasteiger partial charge in [0, 0.05) is 16.3 Å². The van der Waals surface area contributed by atoms with Gasteiger partial charge in [-0.1, -0.05) is 17.3 Å². The number of nitrogens with one attached hydrogen (secondary N) is 1. The minimum Gasteiger partial charge on any atom is -0.350 e. The van der Waals surface area contributed by atoms with Crippen LogP contribution in [0, 0.1) is 3.57 Å². The Kier molecular flexibility index (Phi) is 4.08. The highest BCUT2D eigenvalue weighted by atomic mass is 127. The number of halogens is 1. The first-order chi connectivity index (χ1) is 8.27. The lowest BCUT2D eigenvalue weighted by Crippen LogP contribution is -2.28. The van der Waals surface area contributed by atoms with Gasteiger partial charge >= 0.3 is 0 Å². The number of amides is 1. The smallest absolute Gasteiger partial charge is 0.252 e. The summed E-state index contributed by atoms with van der Waals surface area (Å²) in [4.78, 5) is 11.8. The van der Waals surface area contributed by atoms with Crippen molar-refractivity contribution in [3.05, 3.63) is 45.8 Å². The molecule has 0 aliphatic heterocycles. The van der Waals surface area contributed by atoms with Gasteiger partial charge in [0.1, 0.15) is 0 Å². The van der Waals surface area contributed by atoms with Crippen LogP contribution in [0.5, 0.6) is 0 Å². The van der Waals surface area contributed by atoms with E-state index in [1.54, 1.807) is 17.1 Å². The Labute approximate surface area is 112 Å². The van der Waals surface area contributed by atoms with Crippen LogP contribution < -0.4 is 5.32 Å². The third-order valence-electron chi connectivity index (χ3n) is 2.22. The van der Waals surface area contributed by atoms with E-state index in [1.165, 1.54) is 0 Å². The number of aromatic nitrogens is 3. The molecular weight excluding hydrogens is 331 g/mol. The molecule has 0 spiro atoms. The molecule has 1 amide bonds. The molecular formula is C11H11IN4O. The molecule has 88 valence electrons. The van der Waals surface area contributed by atoms with E-state index in [4.69, 9.17) is 0 Å². The van der Waals surface area contributed by atoms with Crippen molar-refractivity contribution in [3.63, 3.8) is 0 Å². The van der Waals surface area contributed by atoms with Crippen LogP contribution in [-0.4, -0.2) is 27.4 Å². The summed E-state index contributed by atoms with van der Waals surface area (Å²) in [6.07, 6.45) is 3.38. The molecule has 1 aromatic heterocycles. The molecule has 1 aromatic carbocycles. The first-order valence-electron chi connectivity index (χ1n) is 5.14. The molecule has 2 aromatic rings. The Hall–Kier alpha value is -1.44. The van der Waals surface area contributed by atoms with Crippen LogP contribution in [0.15, 0.2) is 36.7 Å². The first-order valence-corrected chi connectivity index (χ1v) is 6.22. The Morgan fingerprint density at radius 1 is 1.41 bits per heavy atom. The average Bonchev–Trinajstić information content (AvgIpc) is 2.82. The third kappa shape index (κ3) is 3.26. The number of carbonyl (C=O) groups excluding carboxylic acids is 1. The van der Waals surface area contributed by atoms with Crippen LogP contribution in [-0.2, 0) is 6.54 Å². The summed E-state index contributed by atoms with van der Waals surface area (Å²) in [6, 6.07) is 7.49. The highest BCUT2D eigenvalue weighted by molar-refractivity contribution is 14.1. The minimum absolute atomic E-state index is 0.0601. The van der Waals surface area contributed by atoms with E-state index in [9.17, 15) is 4.79 Å². The lowest BCUT2D eigenvalue weighted by Gasteiger charge is -2.06. The third-order valence-corrected chi connectivity index (χ3v) is 3.16. The quantitative estimate of drug-likeness (QED) is 0.853. The SMILES string of the molecule is O=C(NCCn1ccnn1)c1ccccc1I. The van der Waals surface area contributed by atoms with Crippen molar-refractivity contribution in [3.8, 4) is 0 Å². The number of benzene rings is 1. The average molecular weight is 342 g/mol. The summed E-state index contributed by atoms with van der Waals surface area (Å²) in [6.45, 7) is 1.16. The van der Waals surface area contributed by atoms with E-state index < -0.39 is 0 Å². The summed E-state index contributed by atoms with van der Waals surface area (Å²) in [5, 5.41) is 10.4. The van der Waals surface area contributed by atoms with Crippen LogP contribution in [0.3, 0.4) is 0 Å². The van der Waals surface area contributed by atoms with Crippen LogP contribution in [0.4, 0.5) is 0 Å². The van der Waals surface area contributed by atoms with Crippen molar-refractivity contribution < 1.29 is 4.79 Å². The number of hydrogen-bond donors (Lipinski definition) is 1. The molecule has 1 heterocycles. The standard InChI is InChI=1S/C11H11IN4O/c12-10-4-2-1-3-9(10)11(17)13-5-7-16-8-6-14-15-16/h1-4,6,8H,5,7H2,(H,13,17). The van der Waals surface area contributed by atoms with E-state index in [-0.39, 0.29) is 5.91 Å². The number of nitrogens with zero attached hydrogens (tertiary/aromatic N) is 3. The minimum atomic E-state index is -0.0601. The second-order valence-corrected chi connectivity index (χ2v) is 4.56. The Bertz CT molecular complexity index is 498. The van der Waals surface area contributed by atoms with Gasteiger partial charge in [-0.2, -0.15) is 0 Å². The van der Waals surface area contributed by atoms with E-state index in [0.29, 0.717) is 18.7 Å². The topological polar surface area (TPSA) is 59.8 Å². The molecule has 2 rings (SSSR count). The molecule has 0 atom stereocenters. The fourth-order valence-electron chi connectivity index (χ4n) is 1.38. The molecule has 0 radical (unpaired) electrons. The summed E-state index contributed by atoms with van der Waals surface area (Å²) < 4.78 is 2.62. The maximum absolute atomic E-state index is 11.8. The zero-order valence-electron chi connectivity index (χ0n) is 9.01. The van der Waals surface area contributed by atoms with E-state index >= 15 is 0 Å². The number of hydrogen-bond acceptors (Lipinski definition) is 3. The summed E-state index contributed by atoms with van der Waals surface area (Å²) >= 11 is 2.15. The monoisotopic (exact) mass is 342 g/mol. The van der Waals surface area contributed by atoms with Gasteiger partial charge in [-0.25, -0.2) is 0 Å². The molecule has 0 aliphatic rings. The van der Waals surface area contributed by atoms with Gasteiger partial charge < -0.3 is 5.32 Å². The molecule has 0 fully saturated rings. The van der Waals surface area contributed by atoms with Gasteiger partial charge in [-0.15, -0.1) is 5.10 Å². The van der Waals surface area contributed by atoms with Gasteiger partial charge in [-0.3, -0.25) is 9.48 Å². The molecule has 6 heteroatoms. The fraction of sp³-hybridized carbons (Fsp3) is 0.182. The Morgan fingerprint density at radius 2 is 2.24 bits per heavy atom. The second kappa shape index (κ2) is 5.76. The van der Waals surface area contributed by atoms with Gasteiger partial charge in [0.25, 0.3) is 5.91 Å². The first kappa shape index (κ1) is 12.0. The molecule has 17 heavy (non-hydrogen) atoms. The van der Waals surface area contributed by atoms with Crippen molar-refractivity contribution >= 4 is 28.5 Å². The summed E-state index contributed by atoms with van der Waals surface area (Å²) in [7, 11) is 0. The predicted molar refractivity (Wildman–Crippen MR) is 71.5 cm³/mol. The van der Waals surface area contributed by atoms with Crippen molar-refractivity contribution in [2.24, 2.45) is 0 Å². The zero-order chi connectivity index (χ0) is 12.1. The van der Waals surface area contributed by atoms with Crippen molar-refractivity contribution in [2.75, 3.05) is 6.54 Å². The van der Waals surface area contributed by atoms with Crippen LogP contribution in [0.25, 0.3) is 0 Å². The molecule has 0 aliphatic carbocycles. The molecule has 0 saturated heterocycles. The molecule has 0 unspecified atom stereocenters. The number of rotatable bonds is 4. The van der Waals surface area contributed by atoms with Crippen LogP contribution in [0.1, 0.15) is 10.4 Å².